The van der Waals surface area contributed by atoms with Crippen LogP contribution in [0, 0.1) is 0 Å². The lowest BCUT2D eigenvalue weighted by Crippen LogP contribution is -2.01. The van der Waals surface area contributed by atoms with Gasteiger partial charge < -0.3 is 0 Å². The molecule has 0 aliphatic heterocycles. The standard InChI is InChI=1S/C24H20N2S2/c1-3-11-19(12-4-1)23(21-15-7-9-17-25-21)27-28-24(20-13-5-2-6-14-20)22-16-8-10-18-26-22/h1-18,23-24H. The maximum Gasteiger partial charge on any atom is 0.0823 e. The van der Waals surface area contributed by atoms with Gasteiger partial charge in [-0.05, 0) is 35.4 Å². The number of pyridine rings is 2. The Balaban J connectivity index is 1.64. The second-order valence-corrected chi connectivity index (χ2v) is 8.77. The number of hydrogen-bond acceptors (Lipinski definition) is 4. The van der Waals surface area contributed by atoms with Crippen LogP contribution in [0.2, 0.25) is 0 Å². The largest absolute Gasteiger partial charge is 0.260 e. The van der Waals surface area contributed by atoms with E-state index < -0.39 is 0 Å². The minimum absolute atomic E-state index is 0.155. The molecular weight excluding hydrogens is 380 g/mol. The number of aromatic nitrogens is 2. The predicted molar refractivity (Wildman–Crippen MR) is 120 cm³/mol. The van der Waals surface area contributed by atoms with E-state index in [-0.39, 0.29) is 10.5 Å². The van der Waals surface area contributed by atoms with E-state index in [0.29, 0.717) is 0 Å². The molecule has 2 aromatic heterocycles. The Morgan fingerprint density at radius 1 is 0.464 bits per heavy atom. The topological polar surface area (TPSA) is 25.8 Å². The van der Waals surface area contributed by atoms with Crippen molar-refractivity contribution in [1.82, 2.24) is 9.97 Å². The molecule has 2 nitrogen and oxygen atoms in total. The van der Waals surface area contributed by atoms with E-state index in [1.165, 1.54) is 11.1 Å². The molecule has 0 radical (unpaired) electrons. The van der Waals surface area contributed by atoms with Gasteiger partial charge in [0.05, 0.1) is 21.9 Å². The highest BCUT2D eigenvalue weighted by Gasteiger charge is 2.22. The van der Waals surface area contributed by atoms with Gasteiger partial charge in [-0.25, -0.2) is 0 Å². The SMILES string of the molecule is c1ccc(C(SSC(c2ccccc2)c2ccccn2)c2ccccn2)cc1. The molecule has 0 aliphatic carbocycles. The molecule has 0 saturated carbocycles. The Morgan fingerprint density at radius 2 is 0.857 bits per heavy atom. The summed E-state index contributed by atoms with van der Waals surface area (Å²) in [6, 6.07) is 33.4. The highest BCUT2D eigenvalue weighted by atomic mass is 33.1. The summed E-state index contributed by atoms with van der Waals surface area (Å²) in [5, 5.41) is 0.310. The maximum absolute atomic E-state index is 4.63. The van der Waals surface area contributed by atoms with Crippen LogP contribution in [0.15, 0.2) is 109 Å². The molecule has 28 heavy (non-hydrogen) atoms. The molecule has 4 aromatic rings. The summed E-state index contributed by atoms with van der Waals surface area (Å²) in [4.78, 5) is 9.26. The quantitative estimate of drug-likeness (QED) is 0.321. The van der Waals surface area contributed by atoms with Crippen molar-refractivity contribution in [2.45, 2.75) is 10.5 Å². The van der Waals surface area contributed by atoms with E-state index in [1.54, 1.807) is 0 Å². The third-order valence-corrected chi connectivity index (χ3v) is 7.38. The maximum atomic E-state index is 4.63. The lowest BCUT2D eigenvalue weighted by Gasteiger charge is -2.21. The van der Waals surface area contributed by atoms with E-state index >= 15 is 0 Å². The average Bonchev–Trinajstić information content (AvgIpc) is 2.79. The Kier molecular flexibility index (Phi) is 6.43. The smallest absolute Gasteiger partial charge is 0.0823 e. The summed E-state index contributed by atoms with van der Waals surface area (Å²) in [5.41, 5.74) is 4.65. The van der Waals surface area contributed by atoms with Gasteiger partial charge in [0.2, 0.25) is 0 Å². The van der Waals surface area contributed by atoms with Crippen LogP contribution in [-0.2, 0) is 0 Å². The highest BCUT2D eigenvalue weighted by molar-refractivity contribution is 8.76. The molecule has 2 heterocycles. The number of nitrogens with zero attached hydrogens (tertiary/aromatic N) is 2. The Hall–Kier alpha value is -2.56. The van der Waals surface area contributed by atoms with Gasteiger partial charge in [0.1, 0.15) is 0 Å². The summed E-state index contributed by atoms with van der Waals surface area (Å²) in [5.74, 6) is 0. The fraction of sp³-hybridized carbons (Fsp3) is 0.0833. The Bertz CT molecular complexity index is 802. The van der Waals surface area contributed by atoms with Gasteiger partial charge in [-0.2, -0.15) is 0 Å². The summed E-state index contributed by atoms with van der Waals surface area (Å²) >= 11 is 0. The van der Waals surface area contributed by atoms with Crippen molar-refractivity contribution in [3.05, 3.63) is 132 Å². The zero-order valence-electron chi connectivity index (χ0n) is 15.3. The molecule has 2 unspecified atom stereocenters. The minimum Gasteiger partial charge on any atom is -0.260 e. The van der Waals surface area contributed by atoms with Crippen molar-refractivity contribution >= 4 is 21.6 Å². The molecule has 0 N–H and O–H groups in total. The molecule has 2 atom stereocenters. The molecule has 0 amide bonds. The van der Waals surface area contributed by atoms with Crippen molar-refractivity contribution in [1.29, 1.82) is 0 Å². The zero-order valence-corrected chi connectivity index (χ0v) is 16.9. The second-order valence-electron chi connectivity index (χ2n) is 6.28. The van der Waals surface area contributed by atoms with Crippen molar-refractivity contribution in [3.8, 4) is 0 Å². The van der Waals surface area contributed by atoms with Crippen molar-refractivity contribution in [2.75, 3.05) is 0 Å². The Labute approximate surface area is 173 Å². The molecule has 4 heteroatoms. The van der Waals surface area contributed by atoms with Crippen LogP contribution in [-0.4, -0.2) is 9.97 Å². The highest BCUT2D eigenvalue weighted by Crippen LogP contribution is 2.50. The summed E-state index contributed by atoms with van der Waals surface area (Å²) in [6.07, 6.45) is 3.73. The van der Waals surface area contributed by atoms with Gasteiger partial charge in [-0.1, -0.05) is 94.4 Å². The van der Waals surface area contributed by atoms with E-state index in [9.17, 15) is 0 Å². The minimum atomic E-state index is 0.155. The molecular formula is C24H20N2S2. The number of benzene rings is 2. The van der Waals surface area contributed by atoms with Crippen LogP contribution in [0.25, 0.3) is 0 Å². The molecule has 0 saturated heterocycles. The molecule has 138 valence electrons. The van der Waals surface area contributed by atoms with E-state index in [2.05, 4.69) is 94.9 Å². The van der Waals surface area contributed by atoms with E-state index in [1.807, 2.05) is 46.1 Å². The first kappa shape index (κ1) is 18.8. The molecule has 2 aromatic carbocycles. The first-order valence-corrected chi connectivity index (χ1v) is 11.4. The molecule has 0 fully saturated rings. The normalized spacial score (nSPS) is 13.0. The van der Waals surface area contributed by atoms with Crippen LogP contribution in [0.3, 0.4) is 0 Å². The van der Waals surface area contributed by atoms with Crippen LogP contribution in [0.1, 0.15) is 33.0 Å². The van der Waals surface area contributed by atoms with Crippen LogP contribution in [0.4, 0.5) is 0 Å². The number of hydrogen-bond donors (Lipinski definition) is 0. The van der Waals surface area contributed by atoms with E-state index in [0.717, 1.165) is 11.4 Å². The predicted octanol–water partition coefficient (Wildman–Crippen LogP) is 6.74. The number of rotatable bonds is 7. The zero-order chi connectivity index (χ0) is 19.0. The third kappa shape index (κ3) is 4.64. The average molecular weight is 401 g/mol. The monoisotopic (exact) mass is 400 g/mol. The van der Waals surface area contributed by atoms with E-state index in [4.69, 9.17) is 0 Å². The molecule has 4 rings (SSSR count). The Morgan fingerprint density at radius 3 is 1.21 bits per heavy atom. The summed E-state index contributed by atoms with van der Waals surface area (Å²) in [6.45, 7) is 0. The molecule has 0 bridgehead atoms. The summed E-state index contributed by atoms with van der Waals surface area (Å²) < 4.78 is 0. The first-order chi connectivity index (χ1) is 13.9. The second kappa shape index (κ2) is 9.58. The van der Waals surface area contributed by atoms with Gasteiger partial charge in [0, 0.05) is 12.4 Å². The van der Waals surface area contributed by atoms with Crippen LogP contribution >= 0.6 is 21.6 Å². The lowest BCUT2D eigenvalue weighted by molar-refractivity contribution is 1.05. The van der Waals surface area contributed by atoms with Crippen molar-refractivity contribution in [3.63, 3.8) is 0 Å². The summed E-state index contributed by atoms with van der Waals surface area (Å²) in [7, 11) is 3.68. The van der Waals surface area contributed by atoms with Crippen LogP contribution < -0.4 is 0 Å². The fourth-order valence-corrected chi connectivity index (χ4v) is 6.14. The molecule has 0 aliphatic rings. The van der Waals surface area contributed by atoms with Gasteiger partial charge in [-0.3, -0.25) is 9.97 Å². The first-order valence-electron chi connectivity index (χ1n) is 9.16. The van der Waals surface area contributed by atoms with Crippen molar-refractivity contribution < 1.29 is 0 Å². The van der Waals surface area contributed by atoms with Gasteiger partial charge >= 0.3 is 0 Å². The van der Waals surface area contributed by atoms with Crippen LogP contribution in [0.5, 0.6) is 0 Å². The van der Waals surface area contributed by atoms with Crippen molar-refractivity contribution in [2.24, 2.45) is 0 Å². The van der Waals surface area contributed by atoms with Gasteiger partial charge in [-0.15, -0.1) is 0 Å². The van der Waals surface area contributed by atoms with Gasteiger partial charge in [0.15, 0.2) is 0 Å². The molecule has 0 spiro atoms. The third-order valence-electron chi connectivity index (χ3n) is 4.37. The lowest BCUT2D eigenvalue weighted by atomic mass is 10.1. The van der Waals surface area contributed by atoms with Gasteiger partial charge in [0.25, 0.3) is 0 Å². The fourth-order valence-electron chi connectivity index (χ4n) is 2.98.